The Balaban J connectivity index is 2.42. The van der Waals surface area contributed by atoms with Crippen LogP contribution < -0.4 is 4.74 Å². The van der Waals surface area contributed by atoms with Crippen molar-refractivity contribution in [3.8, 4) is 5.75 Å². The molecule has 0 unspecified atom stereocenters. The Morgan fingerprint density at radius 2 is 1.25 bits per heavy atom. The summed E-state index contributed by atoms with van der Waals surface area (Å²) in [6, 6.07) is 25.8. The minimum Gasteiger partial charge on any atom is -0.496 e. The van der Waals surface area contributed by atoms with E-state index in [1.54, 1.807) is 13.2 Å². The molecule has 0 saturated carbocycles. The van der Waals surface area contributed by atoms with Crippen molar-refractivity contribution in [1.29, 1.82) is 0 Å². The number of aliphatic carboxylic acids is 1. The summed E-state index contributed by atoms with van der Waals surface area (Å²) in [6.45, 7) is 0. The molecule has 0 bridgehead atoms. The Morgan fingerprint density at radius 3 is 1.71 bits per heavy atom. The minimum atomic E-state index is -1.34. The Morgan fingerprint density at radius 1 is 0.792 bits per heavy atom. The first-order valence-electron chi connectivity index (χ1n) is 7.69. The lowest BCUT2D eigenvalue weighted by atomic mass is 9.69. The van der Waals surface area contributed by atoms with E-state index in [0.29, 0.717) is 22.4 Å². The monoisotopic (exact) mass is 318 g/mol. The zero-order valence-electron chi connectivity index (χ0n) is 13.3. The molecule has 0 aliphatic heterocycles. The Bertz CT molecular complexity index is 786. The van der Waals surface area contributed by atoms with Gasteiger partial charge >= 0.3 is 5.97 Å². The molecule has 0 saturated heterocycles. The molecule has 0 atom stereocenters. The Labute approximate surface area is 141 Å². The summed E-state index contributed by atoms with van der Waals surface area (Å²) in [5.74, 6) is -0.392. The van der Waals surface area contributed by atoms with Crippen molar-refractivity contribution in [3.05, 3.63) is 102 Å². The molecule has 3 aromatic carbocycles. The van der Waals surface area contributed by atoms with Gasteiger partial charge in [-0.1, -0.05) is 78.9 Å². The number of methoxy groups -OCH3 is 1. The molecule has 3 nitrogen and oxygen atoms in total. The van der Waals surface area contributed by atoms with E-state index in [0.717, 1.165) is 0 Å². The highest BCUT2D eigenvalue weighted by Crippen LogP contribution is 2.43. The third kappa shape index (κ3) is 2.44. The molecular formula is C21H18O3. The van der Waals surface area contributed by atoms with E-state index in [4.69, 9.17) is 4.74 Å². The van der Waals surface area contributed by atoms with Crippen molar-refractivity contribution in [1.82, 2.24) is 0 Å². The van der Waals surface area contributed by atoms with Crippen molar-refractivity contribution in [2.24, 2.45) is 0 Å². The molecule has 3 aromatic rings. The predicted molar refractivity (Wildman–Crippen MR) is 93.4 cm³/mol. The fraction of sp³-hybridized carbons (Fsp3) is 0.0952. The average molecular weight is 318 g/mol. The van der Waals surface area contributed by atoms with Gasteiger partial charge in [-0.05, 0) is 17.2 Å². The van der Waals surface area contributed by atoms with E-state index in [2.05, 4.69) is 0 Å². The fourth-order valence-electron chi connectivity index (χ4n) is 3.17. The molecule has 120 valence electrons. The van der Waals surface area contributed by atoms with Crippen molar-refractivity contribution < 1.29 is 14.6 Å². The van der Waals surface area contributed by atoms with Gasteiger partial charge in [-0.2, -0.15) is 0 Å². The number of ether oxygens (including phenoxy) is 1. The number of carbonyl (C=O) groups is 1. The summed E-state index contributed by atoms with van der Waals surface area (Å²) in [5.41, 5.74) is 0.647. The molecular weight excluding hydrogens is 300 g/mol. The first kappa shape index (κ1) is 15.8. The molecule has 1 N–H and O–H groups in total. The van der Waals surface area contributed by atoms with Crippen molar-refractivity contribution in [3.63, 3.8) is 0 Å². The quantitative estimate of drug-likeness (QED) is 0.720. The second-order valence-corrected chi connectivity index (χ2v) is 5.49. The van der Waals surface area contributed by atoms with Crippen LogP contribution in [0, 0.1) is 0 Å². The van der Waals surface area contributed by atoms with Crippen molar-refractivity contribution in [2.75, 3.05) is 7.11 Å². The van der Waals surface area contributed by atoms with Crippen LogP contribution >= 0.6 is 0 Å². The molecule has 0 amide bonds. The molecule has 0 aliphatic carbocycles. The number of hydrogen-bond acceptors (Lipinski definition) is 2. The number of rotatable bonds is 5. The molecule has 24 heavy (non-hydrogen) atoms. The van der Waals surface area contributed by atoms with E-state index >= 15 is 0 Å². The summed E-state index contributed by atoms with van der Waals surface area (Å²) in [6.07, 6.45) is 0. The third-order valence-electron chi connectivity index (χ3n) is 4.25. The first-order valence-corrected chi connectivity index (χ1v) is 7.69. The minimum absolute atomic E-state index is 0.549. The van der Waals surface area contributed by atoms with Gasteiger partial charge in [0.15, 0.2) is 0 Å². The van der Waals surface area contributed by atoms with Gasteiger partial charge in [0, 0.05) is 5.56 Å². The molecule has 0 aromatic heterocycles. The number of carboxylic acids is 1. The summed E-state index contributed by atoms with van der Waals surface area (Å²) < 4.78 is 5.48. The summed E-state index contributed by atoms with van der Waals surface area (Å²) in [4.78, 5) is 12.6. The van der Waals surface area contributed by atoms with Crippen LogP contribution in [0.25, 0.3) is 0 Å². The molecule has 0 heterocycles. The average Bonchev–Trinajstić information content (AvgIpc) is 2.64. The largest absolute Gasteiger partial charge is 0.496 e. The van der Waals surface area contributed by atoms with E-state index in [9.17, 15) is 9.90 Å². The van der Waals surface area contributed by atoms with Crippen LogP contribution in [-0.2, 0) is 10.2 Å². The summed E-state index contributed by atoms with van der Waals surface area (Å²) >= 11 is 0. The van der Waals surface area contributed by atoms with Crippen molar-refractivity contribution >= 4 is 5.97 Å². The van der Waals surface area contributed by atoms with Gasteiger partial charge in [0.05, 0.1) is 7.11 Å². The van der Waals surface area contributed by atoms with Gasteiger partial charge in [-0.25, -0.2) is 0 Å². The van der Waals surface area contributed by atoms with Crippen molar-refractivity contribution in [2.45, 2.75) is 5.41 Å². The van der Waals surface area contributed by atoms with Crippen LogP contribution in [-0.4, -0.2) is 18.2 Å². The highest BCUT2D eigenvalue weighted by Gasteiger charge is 2.45. The lowest BCUT2D eigenvalue weighted by Gasteiger charge is -2.32. The van der Waals surface area contributed by atoms with Crippen LogP contribution in [0.3, 0.4) is 0 Å². The van der Waals surface area contributed by atoms with Gasteiger partial charge in [-0.15, -0.1) is 0 Å². The summed E-state index contributed by atoms with van der Waals surface area (Å²) in [5, 5.41) is 10.3. The predicted octanol–water partition coefficient (Wildman–Crippen LogP) is 4.11. The van der Waals surface area contributed by atoms with Gasteiger partial charge in [0.25, 0.3) is 0 Å². The molecule has 0 radical (unpaired) electrons. The van der Waals surface area contributed by atoms with Crippen LogP contribution in [0.4, 0.5) is 0 Å². The molecule has 3 rings (SSSR count). The number of benzene rings is 3. The smallest absolute Gasteiger partial charge is 0.323 e. The van der Waals surface area contributed by atoms with E-state index < -0.39 is 11.4 Å². The standard InChI is InChI=1S/C21H18O3/c1-24-19-15-9-8-14-18(19)21(20(22)23,16-10-4-2-5-11-16)17-12-6-3-7-13-17/h2-15H,1H3,(H,22,23). The molecule has 0 fully saturated rings. The molecule has 3 heteroatoms. The normalized spacial score (nSPS) is 11.0. The van der Waals surface area contributed by atoms with E-state index in [1.165, 1.54) is 0 Å². The number of para-hydroxylation sites is 1. The van der Waals surface area contributed by atoms with E-state index in [1.807, 2.05) is 78.9 Å². The second kappa shape index (κ2) is 6.59. The lowest BCUT2D eigenvalue weighted by Crippen LogP contribution is -2.38. The molecule has 0 spiro atoms. The Kier molecular flexibility index (Phi) is 4.34. The fourth-order valence-corrected chi connectivity index (χ4v) is 3.17. The maximum absolute atomic E-state index is 12.6. The lowest BCUT2D eigenvalue weighted by molar-refractivity contribution is -0.140. The zero-order valence-corrected chi connectivity index (χ0v) is 13.3. The highest BCUT2D eigenvalue weighted by molar-refractivity contribution is 5.91. The SMILES string of the molecule is COc1ccccc1C(C(=O)O)(c1ccccc1)c1ccccc1. The van der Waals surface area contributed by atoms with Gasteiger partial charge in [-0.3, -0.25) is 4.79 Å². The van der Waals surface area contributed by atoms with E-state index in [-0.39, 0.29) is 0 Å². The summed E-state index contributed by atoms with van der Waals surface area (Å²) in [7, 11) is 1.56. The van der Waals surface area contributed by atoms with Crippen LogP contribution in [0.2, 0.25) is 0 Å². The van der Waals surface area contributed by atoms with Gasteiger partial charge in [0.2, 0.25) is 0 Å². The van der Waals surface area contributed by atoms with Crippen LogP contribution in [0.15, 0.2) is 84.9 Å². The zero-order chi connectivity index (χ0) is 17.0. The third-order valence-corrected chi connectivity index (χ3v) is 4.25. The topological polar surface area (TPSA) is 46.5 Å². The van der Waals surface area contributed by atoms with Gasteiger partial charge in [0.1, 0.15) is 11.2 Å². The maximum atomic E-state index is 12.6. The molecule has 0 aliphatic rings. The number of carboxylic acid groups (broad SMARTS) is 1. The first-order chi connectivity index (χ1) is 11.7. The van der Waals surface area contributed by atoms with Crippen LogP contribution in [0.5, 0.6) is 5.75 Å². The van der Waals surface area contributed by atoms with Crippen LogP contribution in [0.1, 0.15) is 16.7 Å². The second-order valence-electron chi connectivity index (χ2n) is 5.49. The van der Waals surface area contributed by atoms with Gasteiger partial charge < -0.3 is 9.84 Å². The highest BCUT2D eigenvalue weighted by atomic mass is 16.5. The Hall–Kier alpha value is -3.07. The maximum Gasteiger partial charge on any atom is 0.323 e. The number of hydrogen-bond donors (Lipinski definition) is 1.